The van der Waals surface area contributed by atoms with Crippen molar-refractivity contribution < 1.29 is 13.9 Å². The molecule has 4 rings (SSSR count). The predicted octanol–water partition coefficient (Wildman–Crippen LogP) is 5.34. The summed E-state index contributed by atoms with van der Waals surface area (Å²) in [6.07, 6.45) is 1.77. The number of methoxy groups -OCH3 is 1. The first-order chi connectivity index (χ1) is 14.7. The van der Waals surface area contributed by atoms with Crippen LogP contribution in [-0.4, -0.2) is 17.1 Å². The van der Waals surface area contributed by atoms with Crippen LogP contribution in [0.2, 0.25) is 0 Å². The third-order valence-corrected chi connectivity index (χ3v) is 4.61. The second-order valence-corrected chi connectivity index (χ2v) is 6.61. The normalized spacial score (nSPS) is 10.4. The number of hydrogen-bond donors (Lipinski definition) is 1. The van der Waals surface area contributed by atoms with Gasteiger partial charge < -0.3 is 14.5 Å². The molecule has 0 fully saturated rings. The molecule has 1 heterocycles. The Morgan fingerprint density at radius 3 is 2.57 bits per heavy atom. The molecule has 0 radical (unpaired) electrons. The molecule has 0 amide bonds. The van der Waals surface area contributed by atoms with Gasteiger partial charge in [0, 0.05) is 17.3 Å². The number of halogens is 1. The van der Waals surface area contributed by atoms with Gasteiger partial charge >= 0.3 is 0 Å². The summed E-state index contributed by atoms with van der Waals surface area (Å²) in [5, 5.41) is 8.88. The Kier molecular flexibility index (Phi) is 5.44. The van der Waals surface area contributed by atoms with Crippen molar-refractivity contribution >= 4 is 0 Å². The zero-order valence-corrected chi connectivity index (χ0v) is 16.2. The van der Waals surface area contributed by atoms with Gasteiger partial charge in [-0.3, -0.25) is 0 Å². The predicted molar refractivity (Wildman–Crippen MR) is 111 cm³/mol. The molecule has 148 valence electrons. The van der Waals surface area contributed by atoms with Crippen molar-refractivity contribution in [3.8, 4) is 40.2 Å². The molecule has 0 aliphatic carbocycles. The van der Waals surface area contributed by atoms with Crippen molar-refractivity contribution in [3.05, 3.63) is 89.9 Å². The standard InChI is InChI=1S/C24H18FN3O2/c1-29-23-12-18(21-14-27-24(28-21)19-3-2-4-20(25)11-19)9-10-22(23)30-15-17-7-5-16(13-26)6-8-17/h2-12,14H,15H2,1H3,(H,27,28). The van der Waals surface area contributed by atoms with Crippen LogP contribution in [0.3, 0.4) is 0 Å². The zero-order chi connectivity index (χ0) is 20.9. The maximum atomic E-state index is 13.5. The van der Waals surface area contributed by atoms with E-state index in [0.29, 0.717) is 40.8 Å². The quantitative estimate of drug-likeness (QED) is 0.475. The number of aromatic amines is 1. The van der Waals surface area contributed by atoms with E-state index in [1.54, 1.807) is 37.6 Å². The Balaban J connectivity index is 1.53. The Morgan fingerprint density at radius 1 is 1.00 bits per heavy atom. The van der Waals surface area contributed by atoms with Crippen molar-refractivity contribution in [1.29, 1.82) is 5.26 Å². The van der Waals surface area contributed by atoms with Crippen LogP contribution in [-0.2, 0) is 6.61 Å². The Hall–Kier alpha value is -4.11. The minimum absolute atomic E-state index is 0.309. The van der Waals surface area contributed by atoms with E-state index in [1.807, 2.05) is 30.3 Å². The summed E-state index contributed by atoms with van der Waals surface area (Å²) in [6.45, 7) is 0.355. The molecule has 0 saturated heterocycles. The molecule has 0 spiro atoms. The molecule has 1 aromatic heterocycles. The van der Waals surface area contributed by atoms with Gasteiger partial charge in [0.25, 0.3) is 0 Å². The van der Waals surface area contributed by atoms with Crippen LogP contribution >= 0.6 is 0 Å². The molecule has 1 N–H and O–H groups in total. The second kappa shape index (κ2) is 8.50. The highest BCUT2D eigenvalue weighted by atomic mass is 19.1. The summed E-state index contributed by atoms with van der Waals surface area (Å²) >= 11 is 0. The maximum Gasteiger partial charge on any atom is 0.161 e. The topological polar surface area (TPSA) is 70.9 Å². The van der Waals surface area contributed by atoms with Gasteiger partial charge in [-0.1, -0.05) is 24.3 Å². The summed E-state index contributed by atoms with van der Waals surface area (Å²) in [5.41, 5.74) is 3.79. The van der Waals surface area contributed by atoms with Gasteiger partial charge in [0.05, 0.1) is 24.4 Å². The van der Waals surface area contributed by atoms with Gasteiger partial charge in [0.2, 0.25) is 0 Å². The first-order valence-corrected chi connectivity index (χ1v) is 9.28. The second-order valence-electron chi connectivity index (χ2n) is 6.61. The highest BCUT2D eigenvalue weighted by Gasteiger charge is 2.11. The van der Waals surface area contributed by atoms with Crippen LogP contribution < -0.4 is 9.47 Å². The van der Waals surface area contributed by atoms with Gasteiger partial charge in [-0.15, -0.1) is 0 Å². The fourth-order valence-electron chi connectivity index (χ4n) is 3.04. The molecule has 0 atom stereocenters. The van der Waals surface area contributed by atoms with Gasteiger partial charge in [-0.25, -0.2) is 9.37 Å². The largest absolute Gasteiger partial charge is 0.493 e. The van der Waals surface area contributed by atoms with Gasteiger partial charge in [-0.05, 0) is 48.0 Å². The number of nitrogens with one attached hydrogen (secondary N) is 1. The molecule has 3 aromatic carbocycles. The number of imidazole rings is 1. The number of hydrogen-bond acceptors (Lipinski definition) is 4. The highest BCUT2D eigenvalue weighted by molar-refractivity contribution is 5.67. The number of ether oxygens (including phenoxy) is 2. The van der Waals surface area contributed by atoms with E-state index in [-0.39, 0.29) is 5.82 Å². The van der Waals surface area contributed by atoms with E-state index >= 15 is 0 Å². The highest BCUT2D eigenvalue weighted by Crippen LogP contribution is 2.33. The molecule has 0 unspecified atom stereocenters. The van der Waals surface area contributed by atoms with E-state index < -0.39 is 0 Å². The number of nitriles is 1. The molecule has 6 heteroatoms. The third kappa shape index (κ3) is 4.15. The molecular weight excluding hydrogens is 381 g/mol. The number of aromatic nitrogens is 2. The number of H-pyrrole nitrogens is 1. The summed E-state index contributed by atoms with van der Waals surface area (Å²) in [4.78, 5) is 7.64. The van der Waals surface area contributed by atoms with Crippen LogP contribution in [0.1, 0.15) is 11.1 Å². The van der Waals surface area contributed by atoms with E-state index in [4.69, 9.17) is 14.7 Å². The summed E-state index contributed by atoms with van der Waals surface area (Å²) < 4.78 is 24.8. The van der Waals surface area contributed by atoms with Gasteiger partial charge in [-0.2, -0.15) is 5.26 Å². The zero-order valence-electron chi connectivity index (χ0n) is 16.2. The van der Waals surface area contributed by atoms with E-state index in [0.717, 1.165) is 11.1 Å². The minimum Gasteiger partial charge on any atom is -0.493 e. The van der Waals surface area contributed by atoms with Crippen molar-refractivity contribution in [1.82, 2.24) is 9.97 Å². The lowest BCUT2D eigenvalue weighted by atomic mass is 10.1. The van der Waals surface area contributed by atoms with Crippen LogP contribution in [0.4, 0.5) is 4.39 Å². The fraction of sp³-hybridized carbons (Fsp3) is 0.0833. The van der Waals surface area contributed by atoms with E-state index in [1.165, 1.54) is 12.1 Å². The lowest BCUT2D eigenvalue weighted by Crippen LogP contribution is -1.98. The SMILES string of the molecule is COc1cc(-c2c[nH]c(-c3cccc(F)c3)n2)ccc1OCc1ccc(C#N)cc1. The van der Waals surface area contributed by atoms with Crippen LogP contribution in [0.5, 0.6) is 11.5 Å². The Labute approximate surface area is 173 Å². The van der Waals surface area contributed by atoms with Crippen LogP contribution in [0.15, 0.2) is 72.9 Å². The van der Waals surface area contributed by atoms with Crippen LogP contribution in [0.25, 0.3) is 22.6 Å². The van der Waals surface area contributed by atoms with E-state index in [9.17, 15) is 4.39 Å². The first kappa shape index (κ1) is 19.2. The lowest BCUT2D eigenvalue weighted by molar-refractivity contribution is 0.284. The first-order valence-electron chi connectivity index (χ1n) is 9.28. The molecule has 0 aliphatic heterocycles. The average Bonchev–Trinajstić information content (AvgIpc) is 3.28. The summed E-state index contributed by atoms with van der Waals surface area (Å²) in [5.74, 6) is 1.46. The Morgan fingerprint density at radius 2 is 1.83 bits per heavy atom. The van der Waals surface area contributed by atoms with Crippen molar-refractivity contribution in [2.75, 3.05) is 7.11 Å². The van der Waals surface area contributed by atoms with Crippen molar-refractivity contribution in [3.63, 3.8) is 0 Å². The maximum absolute atomic E-state index is 13.5. The van der Waals surface area contributed by atoms with E-state index in [2.05, 4.69) is 16.0 Å². The lowest BCUT2D eigenvalue weighted by Gasteiger charge is -2.12. The molecule has 30 heavy (non-hydrogen) atoms. The fourth-order valence-corrected chi connectivity index (χ4v) is 3.04. The molecule has 0 bridgehead atoms. The van der Waals surface area contributed by atoms with Crippen molar-refractivity contribution in [2.45, 2.75) is 6.61 Å². The molecular formula is C24H18FN3O2. The summed E-state index contributed by atoms with van der Waals surface area (Å²) in [6, 6.07) is 21.2. The van der Waals surface area contributed by atoms with Crippen molar-refractivity contribution in [2.24, 2.45) is 0 Å². The van der Waals surface area contributed by atoms with Gasteiger partial charge in [0.1, 0.15) is 18.2 Å². The number of benzene rings is 3. The number of nitrogens with zero attached hydrogens (tertiary/aromatic N) is 2. The molecule has 0 saturated carbocycles. The monoisotopic (exact) mass is 399 g/mol. The Bertz CT molecular complexity index is 1210. The van der Waals surface area contributed by atoms with Gasteiger partial charge in [0.15, 0.2) is 11.5 Å². The minimum atomic E-state index is -0.309. The molecule has 0 aliphatic rings. The average molecular weight is 399 g/mol. The molecule has 5 nitrogen and oxygen atoms in total. The third-order valence-electron chi connectivity index (χ3n) is 4.61. The smallest absolute Gasteiger partial charge is 0.161 e. The number of rotatable bonds is 6. The van der Waals surface area contributed by atoms with Crippen LogP contribution in [0, 0.1) is 17.1 Å². The summed E-state index contributed by atoms with van der Waals surface area (Å²) in [7, 11) is 1.58. The molecule has 4 aromatic rings.